The quantitative estimate of drug-likeness (QED) is 0.306. The fraction of sp³-hybridized carbons (Fsp3) is 0.0870. The topological polar surface area (TPSA) is 79.7 Å². The molecule has 0 unspecified atom stereocenters. The molecule has 2 aromatic carbocycles. The molecule has 1 saturated heterocycles. The van der Waals surface area contributed by atoms with E-state index in [9.17, 15) is 14.7 Å². The number of Topliss-reactive ketones (excluding diaryl/α,β-unsaturated/α-hetero) is 1. The molecule has 1 amide bonds. The van der Waals surface area contributed by atoms with Gasteiger partial charge in [0.2, 0.25) is 0 Å². The number of aromatic nitrogens is 1. The Morgan fingerprint density at radius 1 is 1.13 bits per heavy atom. The molecule has 0 aliphatic carbocycles. The third-order valence-electron chi connectivity index (χ3n) is 4.93. The predicted molar refractivity (Wildman–Crippen MR) is 121 cm³/mol. The first-order valence-electron chi connectivity index (χ1n) is 9.23. The van der Waals surface area contributed by atoms with Crippen LogP contribution in [0.25, 0.3) is 5.76 Å². The van der Waals surface area contributed by atoms with Crippen LogP contribution < -0.4 is 9.64 Å². The van der Waals surface area contributed by atoms with E-state index in [1.165, 1.54) is 24.3 Å². The first-order valence-corrected chi connectivity index (χ1v) is 10.4. The number of carbonyl (C=O) groups excluding carboxylic acids is 2. The molecule has 0 bridgehead atoms. The zero-order valence-electron chi connectivity index (χ0n) is 16.3. The maximum Gasteiger partial charge on any atom is 0.301 e. The van der Waals surface area contributed by atoms with E-state index in [0.717, 1.165) is 4.47 Å². The summed E-state index contributed by atoms with van der Waals surface area (Å²) in [6.45, 7) is 0. The molecular formula is C23H16BrClN2O4. The summed E-state index contributed by atoms with van der Waals surface area (Å²) in [7, 11) is 1.48. The highest BCUT2D eigenvalue weighted by Gasteiger charge is 2.47. The summed E-state index contributed by atoms with van der Waals surface area (Å²) in [5.41, 5.74) is 0.889. The zero-order chi connectivity index (χ0) is 22.1. The van der Waals surface area contributed by atoms with Crippen LogP contribution in [0.15, 0.2) is 76.9 Å². The molecule has 1 N–H and O–H groups in total. The Morgan fingerprint density at radius 3 is 2.58 bits per heavy atom. The largest absolute Gasteiger partial charge is 0.507 e. The number of hydrogen-bond donors (Lipinski definition) is 1. The number of carbonyl (C=O) groups is 2. The minimum atomic E-state index is -0.867. The second kappa shape index (κ2) is 8.53. The van der Waals surface area contributed by atoms with Crippen molar-refractivity contribution in [2.75, 3.05) is 12.0 Å². The number of methoxy groups -OCH3 is 1. The molecule has 156 valence electrons. The second-order valence-electron chi connectivity index (χ2n) is 6.76. The highest BCUT2D eigenvalue weighted by Crippen LogP contribution is 2.42. The Balaban J connectivity index is 1.94. The standard InChI is InChI=1S/C23H16BrClN2O4/c1-31-17-9-8-14(12-16(17)25)21(28)19-20(13-5-4-6-15(24)11-13)27(23(30)22(19)29)18-7-2-3-10-26-18/h2-12,20,28H,1H3/b21-19+/t20-/m1/s1. The van der Waals surface area contributed by atoms with Gasteiger partial charge in [-0.1, -0.05) is 45.7 Å². The van der Waals surface area contributed by atoms with Crippen LogP contribution in [-0.2, 0) is 9.59 Å². The zero-order valence-corrected chi connectivity index (χ0v) is 18.6. The normalized spacial score (nSPS) is 17.8. The fourth-order valence-electron chi connectivity index (χ4n) is 3.53. The van der Waals surface area contributed by atoms with Gasteiger partial charge < -0.3 is 9.84 Å². The Hall–Kier alpha value is -3.16. The maximum absolute atomic E-state index is 13.1. The van der Waals surface area contributed by atoms with Crippen molar-refractivity contribution >= 4 is 50.8 Å². The van der Waals surface area contributed by atoms with E-state index >= 15 is 0 Å². The number of aliphatic hydroxyl groups excluding tert-OH is 1. The molecule has 3 aromatic rings. The SMILES string of the molecule is COc1ccc(/C(O)=C2\C(=O)C(=O)N(c3ccccn3)[C@@H]2c2cccc(Br)c2)cc1Cl. The van der Waals surface area contributed by atoms with Crippen LogP contribution in [0.2, 0.25) is 5.02 Å². The summed E-state index contributed by atoms with van der Waals surface area (Å²) >= 11 is 9.64. The van der Waals surface area contributed by atoms with Crippen LogP contribution in [0.3, 0.4) is 0 Å². The van der Waals surface area contributed by atoms with Crippen LogP contribution in [-0.4, -0.2) is 28.9 Å². The molecule has 0 radical (unpaired) electrons. The van der Waals surface area contributed by atoms with E-state index in [-0.39, 0.29) is 16.4 Å². The van der Waals surface area contributed by atoms with E-state index in [2.05, 4.69) is 20.9 Å². The highest BCUT2D eigenvalue weighted by molar-refractivity contribution is 9.10. The van der Waals surface area contributed by atoms with Gasteiger partial charge in [0.15, 0.2) is 0 Å². The van der Waals surface area contributed by atoms with Crippen LogP contribution in [0.1, 0.15) is 17.2 Å². The minimum Gasteiger partial charge on any atom is -0.507 e. The predicted octanol–water partition coefficient (Wildman–Crippen LogP) is 5.13. The van der Waals surface area contributed by atoms with Crippen molar-refractivity contribution in [3.63, 3.8) is 0 Å². The molecule has 1 atom stereocenters. The number of benzene rings is 2. The second-order valence-corrected chi connectivity index (χ2v) is 8.08. The van der Waals surface area contributed by atoms with Gasteiger partial charge in [-0.3, -0.25) is 14.5 Å². The van der Waals surface area contributed by atoms with Crippen LogP contribution >= 0.6 is 27.5 Å². The van der Waals surface area contributed by atoms with Gasteiger partial charge >= 0.3 is 5.91 Å². The van der Waals surface area contributed by atoms with Crippen molar-refractivity contribution in [2.24, 2.45) is 0 Å². The number of anilines is 1. The lowest BCUT2D eigenvalue weighted by Crippen LogP contribution is -2.30. The van der Waals surface area contributed by atoms with E-state index in [1.807, 2.05) is 6.07 Å². The summed E-state index contributed by atoms with van der Waals surface area (Å²) in [6, 6.07) is 16.1. The molecule has 0 spiro atoms. The molecule has 4 rings (SSSR count). The monoisotopic (exact) mass is 498 g/mol. The molecule has 1 aliphatic heterocycles. The van der Waals surface area contributed by atoms with Gasteiger partial charge in [-0.05, 0) is 48.0 Å². The Kier molecular flexibility index (Phi) is 5.80. The molecule has 6 nitrogen and oxygen atoms in total. The molecule has 8 heteroatoms. The van der Waals surface area contributed by atoms with Crippen molar-refractivity contribution in [1.82, 2.24) is 4.98 Å². The van der Waals surface area contributed by atoms with Gasteiger partial charge in [0.25, 0.3) is 5.78 Å². The lowest BCUT2D eigenvalue weighted by atomic mass is 9.95. The average molecular weight is 500 g/mol. The van der Waals surface area contributed by atoms with Crippen LogP contribution in [0.5, 0.6) is 5.75 Å². The molecule has 1 fully saturated rings. The van der Waals surface area contributed by atoms with Crippen LogP contribution in [0, 0.1) is 0 Å². The van der Waals surface area contributed by atoms with Crippen molar-refractivity contribution in [3.05, 3.63) is 93.1 Å². The molecular weight excluding hydrogens is 484 g/mol. The summed E-state index contributed by atoms with van der Waals surface area (Å²) in [5.74, 6) is -1.17. The van der Waals surface area contributed by atoms with Gasteiger partial charge in [-0.15, -0.1) is 0 Å². The first kappa shape index (κ1) is 21.1. The van der Waals surface area contributed by atoms with Crippen molar-refractivity contribution in [1.29, 1.82) is 0 Å². The fourth-order valence-corrected chi connectivity index (χ4v) is 4.20. The number of aliphatic hydroxyl groups is 1. The number of amides is 1. The van der Waals surface area contributed by atoms with Crippen LogP contribution in [0.4, 0.5) is 5.82 Å². The van der Waals surface area contributed by atoms with Gasteiger partial charge in [0.1, 0.15) is 17.3 Å². The van der Waals surface area contributed by atoms with E-state index in [1.54, 1.807) is 48.5 Å². The summed E-state index contributed by atoms with van der Waals surface area (Å²) in [5, 5.41) is 11.4. The maximum atomic E-state index is 13.1. The Labute approximate surface area is 191 Å². The van der Waals surface area contributed by atoms with Gasteiger partial charge in [0.05, 0.1) is 23.7 Å². The molecule has 0 saturated carbocycles. The van der Waals surface area contributed by atoms with Gasteiger partial charge in [-0.2, -0.15) is 0 Å². The molecule has 2 heterocycles. The Morgan fingerprint density at radius 2 is 1.94 bits per heavy atom. The van der Waals surface area contributed by atoms with Crippen molar-refractivity contribution in [3.8, 4) is 5.75 Å². The third-order valence-corrected chi connectivity index (χ3v) is 5.72. The number of pyridine rings is 1. The molecule has 31 heavy (non-hydrogen) atoms. The smallest absolute Gasteiger partial charge is 0.301 e. The van der Waals surface area contributed by atoms with E-state index in [4.69, 9.17) is 16.3 Å². The Bertz CT molecular complexity index is 1210. The average Bonchev–Trinajstić information content (AvgIpc) is 3.04. The van der Waals surface area contributed by atoms with Gasteiger partial charge in [0, 0.05) is 16.2 Å². The van der Waals surface area contributed by atoms with Crippen molar-refractivity contribution in [2.45, 2.75) is 6.04 Å². The van der Waals surface area contributed by atoms with E-state index in [0.29, 0.717) is 22.7 Å². The third kappa shape index (κ3) is 3.82. The summed E-state index contributed by atoms with van der Waals surface area (Å²) in [4.78, 5) is 31.6. The van der Waals surface area contributed by atoms with Crippen molar-refractivity contribution < 1.29 is 19.4 Å². The number of ether oxygens (including phenoxy) is 1. The lowest BCUT2D eigenvalue weighted by Gasteiger charge is -2.24. The number of rotatable bonds is 4. The molecule has 1 aromatic heterocycles. The number of hydrogen-bond acceptors (Lipinski definition) is 5. The summed E-state index contributed by atoms with van der Waals surface area (Å²) in [6.07, 6.45) is 1.54. The first-order chi connectivity index (χ1) is 14.9. The molecule has 1 aliphatic rings. The number of halogens is 2. The van der Waals surface area contributed by atoms with Gasteiger partial charge in [-0.25, -0.2) is 4.98 Å². The van der Waals surface area contributed by atoms with E-state index < -0.39 is 17.7 Å². The number of ketones is 1. The summed E-state index contributed by atoms with van der Waals surface area (Å²) < 4.78 is 5.92. The number of nitrogens with zero attached hydrogens (tertiary/aromatic N) is 2. The highest BCUT2D eigenvalue weighted by atomic mass is 79.9. The lowest BCUT2D eigenvalue weighted by molar-refractivity contribution is -0.132. The minimum absolute atomic E-state index is 0.0463.